The topological polar surface area (TPSA) is 37.8 Å². The highest BCUT2D eigenvalue weighted by Gasteiger charge is 2.46. The van der Waals surface area contributed by atoms with Gasteiger partial charge >= 0.3 is 0 Å². The Morgan fingerprint density at radius 1 is 1.29 bits per heavy atom. The lowest BCUT2D eigenvalue weighted by molar-refractivity contribution is 0.628. The fourth-order valence-electron chi connectivity index (χ4n) is 1.66. The molecule has 76 valence electrons. The molecule has 1 aliphatic rings. The minimum Gasteiger partial charge on any atom is -0.351 e. The summed E-state index contributed by atoms with van der Waals surface area (Å²) in [5, 5.41) is 3.37. The Labute approximate surface area is 85.0 Å². The normalized spacial score (nSPS) is 23.3. The molecule has 1 aromatic rings. The van der Waals surface area contributed by atoms with Crippen LogP contribution in [0.15, 0.2) is 6.07 Å². The van der Waals surface area contributed by atoms with Crippen LogP contribution in [-0.4, -0.2) is 16.0 Å². The number of aryl methyl sites for hydroxylation is 2. The first kappa shape index (κ1) is 9.44. The van der Waals surface area contributed by atoms with Gasteiger partial charge in [0.2, 0.25) is 5.95 Å². The van der Waals surface area contributed by atoms with E-state index in [-0.39, 0.29) is 0 Å². The van der Waals surface area contributed by atoms with E-state index in [0.717, 1.165) is 17.3 Å². The van der Waals surface area contributed by atoms with Gasteiger partial charge in [-0.25, -0.2) is 9.97 Å². The van der Waals surface area contributed by atoms with Crippen molar-refractivity contribution in [3.63, 3.8) is 0 Å². The van der Waals surface area contributed by atoms with E-state index in [1.165, 1.54) is 6.42 Å². The zero-order chi connectivity index (χ0) is 10.3. The van der Waals surface area contributed by atoms with Crippen molar-refractivity contribution in [3.05, 3.63) is 17.5 Å². The average molecular weight is 191 g/mol. The Morgan fingerprint density at radius 3 is 2.21 bits per heavy atom. The van der Waals surface area contributed by atoms with Crippen LogP contribution < -0.4 is 5.32 Å². The zero-order valence-corrected chi connectivity index (χ0v) is 9.26. The molecule has 3 nitrogen and oxygen atoms in total. The van der Waals surface area contributed by atoms with Gasteiger partial charge < -0.3 is 5.32 Å². The molecular weight excluding hydrogens is 174 g/mol. The van der Waals surface area contributed by atoms with E-state index in [1.807, 2.05) is 19.9 Å². The number of anilines is 1. The highest BCUT2D eigenvalue weighted by atomic mass is 15.1. The Morgan fingerprint density at radius 2 is 1.79 bits per heavy atom. The molecule has 1 fully saturated rings. The second-order valence-electron chi connectivity index (χ2n) is 4.86. The quantitative estimate of drug-likeness (QED) is 0.779. The first-order chi connectivity index (χ1) is 6.47. The molecule has 1 aliphatic carbocycles. The van der Waals surface area contributed by atoms with Crippen molar-refractivity contribution in [3.8, 4) is 0 Å². The number of rotatable bonds is 2. The first-order valence-electron chi connectivity index (χ1n) is 5.06. The highest BCUT2D eigenvalue weighted by Crippen LogP contribution is 2.46. The van der Waals surface area contributed by atoms with Gasteiger partial charge in [-0.2, -0.15) is 0 Å². The molecule has 1 unspecified atom stereocenters. The number of nitrogens with one attached hydrogen (secondary N) is 1. The number of aromatic nitrogens is 2. The Kier molecular flexibility index (Phi) is 1.98. The summed E-state index contributed by atoms with van der Waals surface area (Å²) in [5.74, 6) is 0.776. The lowest BCUT2D eigenvalue weighted by atomic mass is 10.2. The van der Waals surface area contributed by atoms with Crippen molar-refractivity contribution in [1.82, 2.24) is 9.97 Å². The third-order valence-electron chi connectivity index (χ3n) is 2.80. The summed E-state index contributed by atoms with van der Waals surface area (Å²) < 4.78 is 0. The maximum atomic E-state index is 4.36. The van der Waals surface area contributed by atoms with Gasteiger partial charge in [0.15, 0.2) is 0 Å². The van der Waals surface area contributed by atoms with Gasteiger partial charge in [0, 0.05) is 17.4 Å². The smallest absolute Gasteiger partial charge is 0.223 e. The predicted octanol–water partition coefficient (Wildman–Crippen LogP) is 2.30. The van der Waals surface area contributed by atoms with Crippen LogP contribution in [-0.2, 0) is 0 Å². The molecule has 2 rings (SSSR count). The summed E-state index contributed by atoms with van der Waals surface area (Å²) in [6.45, 7) is 8.51. The first-order valence-corrected chi connectivity index (χ1v) is 5.06. The molecule has 0 aliphatic heterocycles. The Bertz CT molecular complexity index is 337. The van der Waals surface area contributed by atoms with Gasteiger partial charge in [0.25, 0.3) is 0 Å². The molecule has 1 heterocycles. The van der Waals surface area contributed by atoms with Gasteiger partial charge in [-0.3, -0.25) is 0 Å². The summed E-state index contributed by atoms with van der Waals surface area (Å²) in [6.07, 6.45) is 1.21. The summed E-state index contributed by atoms with van der Waals surface area (Å²) in [7, 11) is 0. The van der Waals surface area contributed by atoms with Gasteiger partial charge in [-0.15, -0.1) is 0 Å². The van der Waals surface area contributed by atoms with Crippen molar-refractivity contribution in [2.24, 2.45) is 5.41 Å². The molecule has 0 spiro atoms. The van der Waals surface area contributed by atoms with Crippen LogP contribution in [0.3, 0.4) is 0 Å². The van der Waals surface area contributed by atoms with Crippen LogP contribution in [0.1, 0.15) is 31.7 Å². The number of hydrogen-bond acceptors (Lipinski definition) is 3. The largest absolute Gasteiger partial charge is 0.351 e. The Balaban J connectivity index is 2.10. The molecule has 0 saturated heterocycles. The molecule has 3 heteroatoms. The van der Waals surface area contributed by atoms with E-state index in [2.05, 4.69) is 29.1 Å². The second-order valence-corrected chi connectivity index (χ2v) is 4.86. The minimum atomic E-state index is 0.418. The molecule has 1 aromatic heterocycles. The van der Waals surface area contributed by atoms with E-state index in [4.69, 9.17) is 0 Å². The van der Waals surface area contributed by atoms with Gasteiger partial charge in [-0.05, 0) is 31.7 Å². The zero-order valence-electron chi connectivity index (χ0n) is 9.26. The molecule has 0 bridgehead atoms. The van der Waals surface area contributed by atoms with Crippen molar-refractivity contribution < 1.29 is 0 Å². The SMILES string of the molecule is Cc1cc(C)nc(NC2CC2(C)C)n1. The molecule has 1 N–H and O–H groups in total. The molecular formula is C11H17N3. The van der Waals surface area contributed by atoms with E-state index >= 15 is 0 Å². The lowest BCUT2D eigenvalue weighted by Crippen LogP contribution is -2.11. The molecule has 14 heavy (non-hydrogen) atoms. The summed E-state index contributed by atoms with van der Waals surface area (Å²) >= 11 is 0. The minimum absolute atomic E-state index is 0.418. The molecule has 0 aromatic carbocycles. The summed E-state index contributed by atoms with van der Waals surface area (Å²) in [5.41, 5.74) is 2.47. The Hall–Kier alpha value is -1.12. The van der Waals surface area contributed by atoms with Crippen molar-refractivity contribution in [1.29, 1.82) is 0 Å². The number of hydrogen-bond donors (Lipinski definition) is 1. The molecule has 1 atom stereocenters. The van der Waals surface area contributed by atoms with E-state index < -0.39 is 0 Å². The van der Waals surface area contributed by atoms with Crippen LogP contribution in [0, 0.1) is 19.3 Å². The van der Waals surface area contributed by atoms with Crippen LogP contribution >= 0.6 is 0 Å². The fraction of sp³-hybridized carbons (Fsp3) is 0.636. The third kappa shape index (κ3) is 1.86. The number of nitrogens with zero attached hydrogens (tertiary/aromatic N) is 2. The molecule has 0 amide bonds. The molecule has 1 saturated carbocycles. The summed E-state index contributed by atoms with van der Waals surface area (Å²) in [6, 6.07) is 2.53. The van der Waals surface area contributed by atoms with Gasteiger partial charge in [0.1, 0.15) is 0 Å². The van der Waals surface area contributed by atoms with Crippen molar-refractivity contribution in [2.45, 2.75) is 40.2 Å². The van der Waals surface area contributed by atoms with Crippen molar-refractivity contribution in [2.75, 3.05) is 5.32 Å². The highest BCUT2D eigenvalue weighted by molar-refractivity contribution is 5.33. The van der Waals surface area contributed by atoms with Gasteiger partial charge in [0.05, 0.1) is 0 Å². The maximum Gasteiger partial charge on any atom is 0.223 e. The standard InChI is InChI=1S/C11H17N3/c1-7-5-8(2)13-10(12-7)14-9-6-11(9,3)4/h5,9H,6H2,1-4H3,(H,12,13,14). The van der Waals surface area contributed by atoms with Gasteiger partial charge in [-0.1, -0.05) is 13.8 Å². The monoisotopic (exact) mass is 191 g/mol. The van der Waals surface area contributed by atoms with Crippen LogP contribution in [0.2, 0.25) is 0 Å². The third-order valence-corrected chi connectivity index (χ3v) is 2.80. The lowest BCUT2D eigenvalue weighted by Gasteiger charge is -2.07. The second kappa shape index (κ2) is 2.94. The maximum absolute atomic E-state index is 4.36. The van der Waals surface area contributed by atoms with Crippen molar-refractivity contribution >= 4 is 5.95 Å². The van der Waals surface area contributed by atoms with Crippen LogP contribution in [0.25, 0.3) is 0 Å². The molecule has 0 radical (unpaired) electrons. The van der Waals surface area contributed by atoms with Crippen LogP contribution in [0.5, 0.6) is 0 Å². The average Bonchev–Trinajstić information content (AvgIpc) is 2.55. The summed E-state index contributed by atoms with van der Waals surface area (Å²) in [4.78, 5) is 8.72. The fourth-order valence-corrected chi connectivity index (χ4v) is 1.66. The van der Waals surface area contributed by atoms with E-state index in [0.29, 0.717) is 11.5 Å². The van der Waals surface area contributed by atoms with E-state index in [1.54, 1.807) is 0 Å². The van der Waals surface area contributed by atoms with Crippen LogP contribution in [0.4, 0.5) is 5.95 Å². The predicted molar refractivity (Wildman–Crippen MR) is 57.3 cm³/mol. The van der Waals surface area contributed by atoms with E-state index in [9.17, 15) is 0 Å².